The Kier molecular flexibility index (Phi) is 10.7. The number of aliphatic hydroxyl groups excluding tert-OH is 1. The lowest BCUT2D eigenvalue weighted by Crippen LogP contribution is -2.47. The maximum Gasteiger partial charge on any atom is 0.416 e. The molecule has 278 valence electrons. The first-order chi connectivity index (χ1) is 24.6. The molecule has 0 aliphatic carbocycles. The smallest absolute Gasteiger partial charge is 0.395 e. The average Bonchev–Trinajstić information content (AvgIpc) is 3.58. The molecule has 6 rings (SSSR count). The van der Waals surface area contributed by atoms with Gasteiger partial charge in [-0.05, 0) is 69.1 Å². The zero-order chi connectivity index (χ0) is 37.4. The number of benzene rings is 3. The monoisotopic (exact) mass is 748 g/mol. The van der Waals surface area contributed by atoms with Crippen molar-refractivity contribution in [3.05, 3.63) is 95.1 Å². The molecule has 8 nitrogen and oxygen atoms in total. The third-order valence-corrected chi connectivity index (χ3v) is 11.1. The molecule has 3 heterocycles. The number of carbonyl (C=O) groups is 1. The molecule has 2 atom stereocenters. The van der Waals surface area contributed by atoms with E-state index in [9.17, 15) is 44.7 Å². The predicted octanol–water partition coefficient (Wildman–Crippen LogP) is 6.78. The molecular weight excluding hydrogens is 710 g/mol. The molecule has 0 radical (unpaired) electrons. The summed E-state index contributed by atoms with van der Waals surface area (Å²) in [6.45, 7) is 1.79. The van der Waals surface area contributed by atoms with E-state index in [1.807, 2.05) is 4.90 Å². The van der Waals surface area contributed by atoms with Gasteiger partial charge in [0.1, 0.15) is 0 Å². The Morgan fingerprint density at radius 2 is 1.63 bits per heavy atom. The standard InChI is InChI=1S/C37H38F6N4O4S/c1-52(50,51)30-14-6-13-28-31(35(49)45-34(37(41,42)43)23-8-3-2-4-9-23)29(21-46-18-15-26(16-19-46)47-17-7-12-27(47)22-48)32(44-33(28)30)24-10-5-11-25(20-24)36(38,39)40/h2-6,8-11,13-14,20,26-27,34,48H,7,12,15-19,21-22H2,1H3,(H,45,49)/t27-,34-/m1/s1. The summed E-state index contributed by atoms with van der Waals surface area (Å²) in [5.74, 6) is -1.19. The van der Waals surface area contributed by atoms with E-state index in [4.69, 9.17) is 0 Å². The Bertz CT molecular complexity index is 2030. The maximum absolute atomic E-state index is 14.6. The summed E-state index contributed by atoms with van der Waals surface area (Å²) in [4.78, 5) is 22.9. The van der Waals surface area contributed by atoms with Gasteiger partial charge in [0.05, 0.1) is 33.8 Å². The van der Waals surface area contributed by atoms with Crippen LogP contribution in [0.1, 0.15) is 58.8 Å². The van der Waals surface area contributed by atoms with Crippen LogP contribution in [0.3, 0.4) is 0 Å². The second-order valence-electron chi connectivity index (χ2n) is 13.4. The van der Waals surface area contributed by atoms with Crippen LogP contribution in [-0.2, 0) is 22.6 Å². The SMILES string of the molecule is CS(=O)(=O)c1cccc2c(C(=O)N[C@H](c3ccccc3)C(F)(F)F)c(CN3CCC(N4CCC[C@@H]4CO)CC3)c(-c3cccc(C(F)(F)F)c3)nc12. The van der Waals surface area contributed by atoms with Crippen LogP contribution in [0.25, 0.3) is 22.2 Å². The number of pyridine rings is 1. The molecule has 0 saturated carbocycles. The molecule has 1 aromatic heterocycles. The van der Waals surface area contributed by atoms with Gasteiger partial charge in [0, 0.05) is 41.4 Å². The summed E-state index contributed by atoms with van der Waals surface area (Å²) >= 11 is 0. The van der Waals surface area contributed by atoms with Crippen molar-refractivity contribution in [2.24, 2.45) is 0 Å². The van der Waals surface area contributed by atoms with E-state index < -0.39 is 39.7 Å². The van der Waals surface area contributed by atoms with Crippen LogP contribution < -0.4 is 5.32 Å². The normalized spacial score (nSPS) is 18.9. The van der Waals surface area contributed by atoms with E-state index in [2.05, 4.69) is 15.2 Å². The molecule has 52 heavy (non-hydrogen) atoms. The highest BCUT2D eigenvalue weighted by Gasteiger charge is 2.43. The Balaban J connectivity index is 1.53. The number of sulfone groups is 1. The van der Waals surface area contributed by atoms with E-state index >= 15 is 0 Å². The topological polar surface area (TPSA) is 103 Å². The number of para-hydroxylation sites is 1. The van der Waals surface area contributed by atoms with Gasteiger partial charge < -0.3 is 10.4 Å². The first kappa shape index (κ1) is 37.7. The fourth-order valence-corrected chi connectivity index (χ4v) is 8.30. The number of alkyl halides is 6. The highest BCUT2D eigenvalue weighted by Crippen LogP contribution is 2.39. The molecule has 1 amide bonds. The molecule has 0 bridgehead atoms. The van der Waals surface area contributed by atoms with Crippen molar-refractivity contribution in [3.63, 3.8) is 0 Å². The second kappa shape index (κ2) is 14.8. The van der Waals surface area contributed by atoms with Crippen molar-refractivity contribution >= 4 is 26.6 Å². The first-order valence-corrected chi connectivity index (χ1v) is 18.8. The van der Waals surface area contributed by atoms with E-state index in [0.717, 1.165) is 43.8 Å². The lowest BCUT2D eigenvalue weighted by Gasteiger charge is -2.39. The minimum Gasteiger partial charge on any atom is -0.395 e. The van der Waals surface area contributed by atoms with Gasteiger partial charge in [-0.15, -0.1) is 0 Å². The van der Waals surface area contributed by atoms with E-state index in [0.29, 0.717) is 25.9 Å². The Morgan fingerprint density at radius 3 is 2.27 bits per heavy atom. The summed E-state index contributed by atoms with van der Waals surface area (Å²) in [6, 6.07) is 12.7. The third kappa shape index (κ3) is 7.97. The van der Waals surface area contributed by atoms with Gasteiger partial charge in [-0.1, -0.05) is 54.6 Å². The van der Waals surface area contributed by atoms with Gasteiger partial charge in [0.15, 0.2) is 15.9 Å². The molecule has 15 heteroatoms. The van der Waals surface area contributed by atoms with Gasteiger partial charge in [-0.2, -0.15) is 26.3 Å². The number of nitrogens with one attached hydrogen (secondary N) is 1. The molecule has 0 spiro atoms. The number of aliphatic hydroxyl groups is 1. The number of likely N-dealkylation sites (tertiary alicyclic amines) is 2. The number of rotatable bonds is 9. The van der Waals surface area contributed by atoms with Crippen molar-refractivity contribution in [2.75, 3.05) is 32.5 Å². The van der Waals surface area contributed by atoms with Crippen molar-refractivity contribution in [1.29, 1.82) is 0 Å². The molecular formula is C37H38F6N4O4S. The Hall–Kier alpha value is -4.05. The van der Waals surface area contributed by atoms with Crippen LogP contribution in [0, 0.1) is 0 Å². The number of hydrogen-bond acceptors (Lipinski definition) is 7. The number of piperidine rings is 1. The van der Waals surface area contributed by atoms with Crippen LogP contribution in [0.4, 0.5) is 26.3 Å². The first-order valence-electron chi connectivity index (χ1n) is 16.9. The van der Waals surface area contributed by atoms with Crippen LogP contribution in [0.5, 0.6) is 0 Å². The number of amides is 1. The molecule has 2 saturated heterocycles. The molecule has 2 fully saturated rings. The highest BCUT2D eigenvalue weighted by atomic mass is 32.2. The lowest BCUT2D eigenvalue weighted by molar-refractivity contribution is -0.155. The zero-order valence-corrected chi connectivity index (χ0v) is 29.0. The number of carbonyl (C=O) groups excluding carboxylic acids is 1. The van der Waals surface area contributed by atoms with Gasteiger partial charge in [-0.25, -0.2) is 13.4 Å². The summed E-state index contributed by atoms with van der Waals surface area (Å²) in [5, 5.41) is 11.9. The summed E-state index contributed by atoms with van der Waals surface area (Å²) in [6.07, 6.45) is -5.58. The van der Waals surface area contributed by atoms with Crippen molar-refractivity contribution < 1.29 is 44.7 Å². The zero-order valence-electron chi connectivity index (χ0n) is 28.2. The quantitative estimate of drug-likeness (QED) is 0.182. The molecule has 2 aliphatic heterocycles. The molecule has 3 aromatic carbocycles. The Labute approximate surface area is 297 Å². The van der Waals surface area contributed by atoms with Gasteiger partial charge in [0.25, 0.3) is 5.91 Å². The largest absolute Gasteiger partial charge is 0.416 e. The Morgan fingerprint density at radius 1 is 0.942 bits per heavy atom. The minimum absolute atomic E-state index is 0.0408. The van der Waals surface area contributed by atoms with Crippen LogP contribution in [0.2, 0.25) is 0 Å². The van der Waals surface area contributed by atoms with Crippen LogP contribution >= 0.6 is 0 Å². The van der Waals surface area contributed by atoms with Crippen LogP contribution in [-0.4, -0.2) is 85.0 Å². The summed E-state index contributed by atoms with van der Waals surface area (Å²) in [7, 11) is -4.04. The third-order valence-electron chi connectivity index (χ3n) is 9.95. The number of fused-ring (bicyclic) bond motifs is 1. The number of nitrogens with zero attached hydrogens (tertiary/aromatic N) is 3. The second-order valence-corrected chi connectivity index (χ2v) is 15.4. The van der Waals surface area contributed by atoms with Gasteiger partial charge >= 0.3 is 12.4 Å². The minimum atomic E-state index is -4.94. The van der Waals surface area contributed by atoms with Gasteiger partial charge in [0.2, 0.25) is 0 Å². The lowest BCUT2D eigenvalue weighted by atomic mass is 9.93. The van der Waals surface area contributed by atoms with E-state index in [1.165, 1.54) is 54.6 Å². The predicted molar refractivity (Wildman–Crippen MR) is 183 cm³/mol. The van der Waals surface area contributed by atoms with Crippen molar-refractivity contribution in [2.45, 2.75) is 67.6 Å². The molecule has 0 unspecified atom stereocenters. The molecule has 2 N–H and O–H groups in total. The summed E-state index contributed by atoms with van der Waals surface area (Å²) < 4.78 is 112. The van der Waals surface area contributed by atoms with Crippen LogP contribution in [0.15, 0.2) is 77.7 Å². The average molecular weight is 749 g/mol. The van der Waals surface area contributed by atoms with Gasteiger partial charge in [-0.3, -0.25) is 14.6 Å². The maximum atomic E-state index is 14.6. The fourth-order valence-electron chi connectivity index (χ4n) is 7.46. The molecule has 4 aromatic rings. The number of aromatic nitrogens is 1. The highest BCUT2D eigenvalue weighted by molar-refractivity contribution is 7.91. The fraction of sp³-hybridized carbons (Fsp3) is 0.405. The number of halogens is 6. The van der Waals surface area contributed by atoms with E-state index in [-0.39, 0.29) is 69.0 Å². The summed E-state index contributed by atoms with van der Waals surface area (Å²) in [5.41, 5.74) is -2.00. The number of hydrogen-bond donors (Lipinski definition) is 2. The van der Waals surface area contributed by atoms with Crippen molar-refractivity contribution in [3.8, 4) is 11.3 Å². The molecule has 2 aliphatic rings. The van der Waals surface area contributed by atoms with Crippen molar-refractivity contribution in [1.82, 2.24) is 20.1 Å². The van der Waals surface area contributed by atoms with E-state index in [1.54, 1.807) is 0 Å².